The summed E-state index contributed by atoms with van der Waals surface area (Å²) in [6.07, 6.45) is 0.590. The molecule has 6 nitrogen and oxygen atoms in total. The Hall–Kier alpha value is -2.67. The van der Waals surface area contributed by atoms with Crippen LogP contribution < -0.4 is 10.6 Å². The lowest BCUT2D eigenvalue weighted by Gasteiger charge is -2.10. The Morgan fingerprint density at radius 2 is 1.58 bits per heavy atom. The molecule has 0 aliphatic carbocycles. The summed E-state index contributed by atoms with van der Waals surface area (Å²) in [4.78, 5) is 24.3. The molecule has 0 spiro atoms. The Balaban J connectivity index is 1.54. The third-order valence-corrected chi connectivity index (χ3v) is 6.16. The van der Waals surface area contributed by atoms with Crippen LogP contribution in [0.5, 0.6) is 0 Å². The molecule has 0 saturated carbocycles. The molecular weight excluding hydrogens is 352 g/mol. The first-order valence-electron chi connectivity index (χ1n) is 8.38. The van der Waals surface area contributed by atoms with E-state index in [-0.39, 0.29) is 29.2 Å². The van der Waals surface area contributed by atoms with E-state index in [4.69, 9.17) is 0 Å². The van der Waals surface area contributed by atoms with Gasteiger partial charge in [-0.2, -0.15) is 0 Å². The first-order chi connectivity index (χ1) is 12.4. The smallest absolute Gasteiger partial charge is 0.255 e. The zero-order valence-corrected chi connectivity index (χ0v) is 15.0. The van der Waals surface area contributed by atoms with Crippen LogP contribution in [0.2, 0.25) is 0 Å². The van der Waals surface area contributed by atoms with E-state index in [0.717, 1.165) is 0 Å². The fourth-order valence-electron chi connectivity index (χ4n) is 2.87. The summed E-state index contributed by atoms with van der Waals surface area (Å²) >= 11 is 0. The first-order valence-corrected chi connectivity index (χ1v) is 10.2. The summed E-state index contributed by atoms with van der Waals surface area (Å²) in [5.74, 6) is -0.157. The minimum atomic E-state index is -2.94. The fourth-order valence-corrected chi connectivity index (χ4v) is 4.73. The predicted molar refractivity (Wildman–Crippen MR) is 99.9 cm³/mol. The molecule has 0 bridgehead atoms. The van der Waals surface area contributed by atoms with Gasteiger partial charge >= 0.3 is 0 Å². The second kappa shape index (κ2) is 7.70. The Labute approximate surface area is 152 Å². The third kappa shape index (κ3) is 4.70. The van der Waals surface area contributed by atoms with Gasteiger partial charge in [0.25, 0.3) is 11.8 Å². The van der Waals surface area contributed by atoms with Gasteiger partial charge in [0.1, 0.15) is 0 Å². The van der Waals surface area contributed by atoms with E-state index in [9.17, 15) is 18.0 Å². The Kier molecular flexibility index (Phi) is 5.37. The SMILES string of the molecule is O=C(NCC1CCS(=O)(=O)C1)c1ccc(NC(=O)c2ccccc2)cc1. The summed E-state index contributed by atoms with van der Waals surface area (Å²) < 4.78 is 22.9. The standard InChI is InChI=1S/C19H20N2O4S/c22-18(20-12-14-10-11-26(24,25)13-14)16-6-8-17(9-7-16)21-19(23)15-4-2-1-3-5-15/h1-9,14H,10-13H2,(H,20,22)(H,21,23). The number of rotatable bonds is 5. The van der Waals surface area contributed by atoms with E-state index >= 15 is 0 Å². The molecule has 0 radical (unpaired) electrons. The maximum absolute atomic E-state index is 12.2. The number of carbonyl (C=O) groups is 2. The van der Waals surface area contributed by atoms with E-state index in [1.807, 2.05) is 6.07 Å². The number of anilines is 1. The van der Waals surface area contributed by atoms with Crippen molar-refractivity contribution in [3.8, 4) is 0 Å². The molecule has 136 valence electrons. The van der Waals surface area contributed by atoms with Crippen LogP contribution in [0.25, 0.3) is 0 Å². The molecular formula is C19H20N2O4S. The van der Waals surface area contributed by atoms with Gasteiger partial charge in [-0.3, -0.25) is 9.59 Å². The normalized spacial score (nSPS) is 18.2. The molecule has 1 atom stereocenters. The van der Waals surface area contributed by atoms with Crippen molar-refractivity contribution < 1.29 is 18.0 Å². The number of benzene rings is 2. The molecule has 1 fully saturated rings. The number of hydrogen-bond donors (Lipinski definition) is 2. The molecule has 26 heavy (non-hydrogen) atoms. The van der Waals surface area contributed by atoms with Gasteiger partial charge in [-0.05, 0) is 48.7 Å². The van der Waals surface area contributed by atoms with Crippen molar-refractivity contribution in [1.29, 1.82) is 0 Å². The third-order valence-electron chi connectivity index (χ3n) is 4.32. The molecule has 0 aromatic heterocycles. The monoisotopic (exact) mass is 372 g/mol. The second-order valence-corrected chi connectivity index (χ2v) is 8.61. The molecule has 7 heteroatoms. The zero-order valence-electron chi connectivity index (χ0n) is 14.1. The topological polar surface area (TPSA) is 92.3 Å². The van der Waals surface area contributed by atoms with Crippen molar-refractivity contribution in [2.75, 3.05) is 23.4 Å². The van der Waals surface area contributed by atoms with Gasteiger partial charge in [-0.25, -0.2) is 8.42 Å². The first kappa shape index (κ1) is 18.1. The van der Waals surface area contributed by atoms with Crippen molar-refractivity contribution in [3.05, 3.63) is 65.7 Å². The lowest BCUT2D eigenvalue weighted by Crippen LogP contribution is -2.29. The van der Waals surface area contributed by atoms with Crippen molar-refractivity contribution in [1.82, 2.24) is 5.32 Å². The van der Waals surface area contributed by atoms with E-state index in [1.165, 1.54) is 0 Å². The summed E-state index contributed by atoms with van der Waals surface area (Å²) in [7, 11) is -2.94. The highest BCUT2D eigenvalue weighted by Gasteiger charge is 2.27. The molecule has 2 N–H and O–H groups in total. The lowest BCUT2D eigenvalue weighted by molar-refractivity contribution is 0.0948. The van der Waals surface area contributed by atoms with Crippen LogP contribution >= 0.6 is 0 Å². The Morgan fingerprint density at radius 3 is 2.19 bits per heavy atom. The van der Waals surface area contributed by atoms with Crippen molar-refractivity contribution >= 4 is 27.3 Å². The van der Waals surface area contributed by atoms with Crippen LogP contribution in [0.1, 0.15) is 27.1 Å². The molecule has 3 rings (SSSR count). The predicted octanol–water partition coefficient (Wildman–Crippen LogP) is 2.10. The Morgan fingerprint density at radius 1 is 0.923 bits per heavy atom. The van der Waals surface area contributed by atoms with Crippen LogP contribution in [0.15, 0.2) is 54.6 Å². The number of carbonyl (C=O) groups excluding carboxylic acids is 2. The maximum atomic E-state index is 12.2. The molecule has 1 aliphatic rings. The average Bonchev–Trinajstić information content (AvgIpc) is 3.00. The maximum Gasteiger partial charge on any atom is 0.255 e. The number of nitrogens with one attached hydrogen (secondary N) is 2. The van der Waals surface area contributed by atoms with E-state index < -0.39 is 9.84 Å². The van der Waals surface area contributed by atoms with Crippen molar-refractivity contribution in [3.63, 3.8) is 0 Å². The quantitative estimate of drug-likeness (QED) is 0.841. The number of amides is 2. The molecule has 1 heterocycles. The highest BCUT2D eigenvalue weighted by molar-refractivity contribution is 7.91. The fraction of sp³-hybridized carbons (Fsp3) is 0.263. The molecule has 1 saturated heterocycles. The van der Waals surface area contributed by atoms with Crippen LogP contribution in [0, 0.1) is 5.92 Å². The molecule has 2 aromatic rings. The van der Waals surface area contributed by atoms with Gasteiger partial charge in [-0.1, -0.05) is 18.2 Å². The average molecular weight is 372 g/mol. The summed E-state index contributed by atoms with van der Waals surface area (Å²) in [6, 6.07) is 15.4. The van der Waals surface area contributed by atoms with Gasteiger partial charge < -0.3 is 10.6 Å². The van der Waals surface area contributed by atoms with Crippen LogP contribution in [-0.4, -0.2) is 38.3 Å². The summed E-state index contributed by atoms with van der Waals surface area (Å²) in [6.45, 7) is 0.352. The molecule has 1 unspecified atom stereocenters. The van der Waals surface area contributed by atoms with Crippen LogP contribution in [0.4, 0.5) is 5.69 Å². The largest absolute Gasteiger partial charge is 0.352 e. The van der Waals surface area contributed by atoms with Crippen LogP contribution in [-0.2, 0) is 9.84 Å². The molecule has 2 aromatic carbocycles. The van der Waals surface area contributed by atoms with E-state index in [0.29, 0.717) is 29.8 Å². The second-order valence-electron chi connectivity index (χ2n) is 6.38. The highest BCUT2D eigenvalue weighted by atomic mass is 32.2. The lowest BCUT2D eigenvalue weighted by atomic mass is 10.1. The number of hydrogen-bond acceptors (Lipinski definition) is 4. The van der Waals surface area contributed by atoms with Gasteiger partial charge in [-0.15, -0.1) is 0 Å². The summed E-state index contributed by atoms with van der Waals surface area (Å²) in [5, 5.41) is 5.55. The molecule has 1 aliphatic heterocycles. The highest BCUT2D eigenvalue weighted by Crippen LogP contribution is 2.17. The Bertz CT molecular complexity index is 893. The zero-order chi connectivity index (χ0) is 18.6. The minimum absolute atomic E-state index is 0.0200. The van der Waals surface area contributed by atoms with Crippen LogP contribution in [0.3, 0.4) is 0 Å². The number of sulfone groups is 1. The van der Waals surface area contributed by atoms with Gasteiger partial charge in [0.15, 0.2) is 9.84 Å². The van der Waals surface area contributed by atoms with Gasteiger partial charge in [0.05, 0.1) is 11.5 Å². The minimum Gasteiger partial charge on any atom is -0.352 e. The van der Waals surface area contributed by atoms with Crippen molar-refractivity contribution in [2.45, 2.75) is 6.42 Å². The van der Waals surface area contributed by atoms with Crippen molar-refractivity contribution in [2.24, 2.45) is 5.92 Å². The molecule has 2 amide bonds. The summed E-state index contributed by atoms with van der Waals surface area (Å²) in [5.41, 5.74) is 1.61. The van der Waals surface area contributed by atoms with Gasteiger partial charge in [0.2, 0.25) is 0 Å². The van der Waals surface area contributed by atoms with Gasteiger partial charge in [0, 0.05) is 23.4 Å². The van der Waals surface area contributed by atoms with E-state index in [1.54, 1.807) is 48.5 Å². The van der Waals surface area contributed by atoms with E-state index in [2.05, 4.69) is 10.6 Å².